The van der Waals surface area contributed by atoms with E-state index < -0.39 is 0 Å². The van der Waals surface area contributed by atoms with Gasteiger partial charge in [-0.1, -0.05) is 36.9 Å². The van der Waals surface area contributed by atoms with Crippen LogP contribution in [0.25, 0.3) is 6.08 Å². The van der Waals surface area contributed by atoms with Gasteiger partial charge in [0.1, 0.15) is 0 Å². The summed E-state index contributed by atoms with van der Waals surface area (Å²) < 4.78 is 0. The highest BCUT2D eigenvalue weighted by atomic mass is 14.7. The van der Waals surface area contributed by atoms with E-state index in [9.17, 15) is 0 Å². The number of benzene rings is 1. The molecule has 0 amide bonds. The summed E-state index contributed by atoms with van der Waals surface area (Å²) in [6.45, 7) is 4.42. The van der Waals surface area contributed by atoms with Gasteiger partial charge < -0.3 is 17.2 Å². The van der Waals surface area contributed by atoms with Crippen LogP contribution in [-0.4, -0.2) is 18.6 Å². The van der Waals surface area contributed by atoms with Crippen LogP contribution < -0.4 is 17.2 Å². The lowest BCUT2D eigenvalue weighted by Gasteiger charge is -2.15. The van der Waals surface area contributed by atoms with Gasteiger partial charge in [-0.15, -0.1) is 0 Å². The molecule has 0 aliphatic carbocycles. The predicted octanol–water partition coefficient (Wildman–Crippen LogP) is 1.66. The van der Waals surface area contributed by atoms with Crippen LogP contribution in [0.3, 0.4) is 0 Å². The van der Waals surface area contributed by atoms with Crippen LogP contribution >= 0.6 is 0 Å². The van der Waals surface area contributed by atoms with Crippen molar-refractivity contribution >= 4 is 6.08 Å². The van der Waals surface area contributed by atoms with Crippen molar-refractivity contribution in [1.29, 1.82) is 0 Å². The van der Waals surface area contributed by atoms with E-state index in [0.29, 0.717) is 6.54 Å². The fourth-order valence-corrected chi connectivity index (χ4v) is 2.04. The Morgan fingerprint density at radius 1 is 1.11 bits per heavy atom. The van der Waals surface area contributed by atoms with Gasteiger partial charge in [0.05, 0.1) is 0 Å². The molecule has 2 atom stereocenters. The number of hydrogen-bond acceptors (Lipinski definition) is 3. The van der Waals surface area contributed by atoms with E-state index in [4.69, 9.17) is 17.2 Å². The first-order chi connectivity index (χ1) is 8.65. The Morgan fingerprint density at radius 3 is 2.50 bits per heavy atom. The fraction of sp³-hybridized carbons (Fsp3) is 0.467. The monoisotopic (exact) mass is 247 g/mol. The summed E-state index contributed by atoms with van der Waals surface area (Å²) in [6, 6.07) is 8.66. The maximum Gasteiger partial charge on any atom is 0.00799 e. The first-order valence-electron chi connectivity index (χ1n) is 6.58. The van der Waals surface area contributed by atoms with Gasteiger partial charge in [0.15, 0.2) is 0 Å². The highest BCUT2D eigenvalue weighted by Gasteiger charge is 2.08. The second-order valence-corrected chi connectivity index (χ2v) is 4.83. The quantitative estimate of drug-likeness (QED) is 0.653. The van der Waals surface area contributed by atoms with Gasteiger partial charge in [-0.05, 0) is 43.4 Å². The largest absolute Gasteiger partial charge is 0.330 e. The molecule has 0 fully saturated rings. The highest BCUT2D eigenvalue weighted by Crippen LogP contribution is 2.11. The molecule has 0 spiro atoms. The molecule has 100 valence electrons. The summed E-state index contributed by atoms with van der Waals surface area (Å²) in [5.41, 5.74) is 19.9. The van der Waals surface area contributed by atoms with Crippen LogP contribution in [-0.2, 0) is 6.42 Å². The maximum absolute atomic E-state index is 6.13. The third-order valence-electron chi connectivity index (χ3n) is 3.13. The normalized spacial score (nSPS) is 14.2. The molecule has 0 bridgehead atoms. The van der Waals surface area contributed by atoms with Crippen molar-refractivity contribution in [2.75, 3.05) is 6.54 Å². The number of nitrogens with two attached hydrogens (primary N) is 3. The lowest BCUT2D eigenvalue weighted by molar-refractivity contribution is 0.499. The second kappa shape index (κ2) is 8.03. The van der Waals surface area contributed by atoms with Crippen molar-refractivity contribution in [3.8, 4) is 0 Å². The lowest BCUT2D eigenvalue weighted by Crippen LogP contribution is -2.29. The van der Waals surface area contributed by atoms with Crippen molar-refractivity contribution in [3.63, 3.8) is 0 Å². The van der Waals surface area contributed by atoms with Crippen molar-refractivity contribution in [3.05, 3.63) is 42.0 Å². The van der Waals surface area contributed by atoms with Crippen LogP contribution in [0.15, 0.2) is 30.8 Å². The molecule has 0 aliphatic heterocycles. The molecule has 1 aromatic rings. The van der Waals surface area contributed by atoms with E-state index in [2.05, 4.69) is 18.7 Å². The van der Waals surface area contributed by atoms with Crippen molar-refractivity contribution in [2.45, 2.75) is 37.8 Å². The molecule has 0 saturated carbocycles. The zero-order chi connectivity index (χ0) is 13.4. The lowest BCUT2D eigenvalue weighted by atomic mass is 9.98. The Balaban J connectivity index is 2.39. The minimum atomic E-state index is 0.161. The summed E-state index contributed by atoms with van der Waals surface area (Å²) in [4.78, 5) is 0. The molecular weight excluding hydrogens is 222 g/mol. The molecule has 2 unspecified atom stereocenters. The molecule has 3 heteroatoms. The second-order valence-electron chi connectivity index (χ2n) is 4.83. The third-order valence-corrected chi connectivity index (χ3v) is 3.13. The average Bonchev–Trinajstić information content (AvgIpc) is 2.37. The molecule has 18 heavy (non-hydrogen) atoms. The zero-order valence-corrected chi connectivity index (χ0v) is 11.0. The summed E-state index contributed by atoms with van der Waals surface area (Å²) in [5.74, 6) is 0. The smallest absolute Gasteiger partial charge is 0.00799 e. The zero-order valence-electron chi connectivity index (χ0n) is 11.0. The third kappa shape index (κ3) is 5.45. The summed E-state index contributed by atoms with van der Waals surface area (Å²) in [7, 11) is 0. The Labute approximate surface area is 110 Å². The fourth-order valence-electron chi connectivity index (χ4n) is 2.04. The van der Waals surface area contributed by atoms with Gasteiger partial charge in [-0.3, -0.25) is 0 Å². The first-order valence-corrected chi connectivity index (χ1v) is 6.58. The molecule has 6 N–H and O–H groups in total. The summed E-state index contributed by atoms with van der Waals surface area (Å²) >= 11 is 0. The minimum absolute atomic E-state index is 0.161. The standard InChI is InChI=1S/C15H25N3/c1-2-12-4-3-5-13(10-12)11-15(18)7-6-14(17)8-9-16/h2-5,10,14-15H,1,6-9,11,16-18H2. The molecule has 0 aliphatic rings. The van der Waals surface area contributed by atoms with Gasteiger partial charge >= 0.3 is 0 Å². The van der Waals surface area contributed by atoms with E-state index in [-0.39, 0.29) is 12.1 Å². The number of rotatable bonds is 8. The number of hydrogen-bond donors (Lipinski definition) is 3. The predicted molar refractivity (Wildman–Crippen MR) is 79.1 cm³/mol. The van der Waals surface area contributed by atoms with Crippen molar-refractivity contribution in [2.24, 2.45) is 17.2 Å². The highest BCUT2D eigenvalue weighted by molar-refractivity contribution is 5.47. The van der Waals surface area contributed by atoms with Gasteiger partial charge in [0.2, 0.25) is 0 Å². The molecule has 0 saturated heterocycles. The van der Waals surface area contributed by atoms with Crippen LogP contribution in [0.4, 0.5) is 0 Å². The van der Waals surface area contributed by atoms with E-state index in [0.717, 1.165) is 31.2 Å². The van der Waals surface area contributed by atoms with E-state index >= 15 is 0 Å². The topological polar surface area (TPSA) is 78.1 Å². The Bertz CT molecular complexity index is 363. The molecule has 0 heterocycles. The van der Waals surface area contributed by atoms with E-state index in [1.807, 2.05) is 18.2 Å². The van der Waals surface area contributed by atoms with Gasteiger partial charge in [0.25, 0.3) is 0 Å². The molecular formula is C15H25N3. The van der Waals surface area contributed by atoms with E-state index in [1.54, 1.807) is 0 Å². The van der Waals surface area contributed by atoms with Crippen molar-refractivity contribution < 1.29 is 0 Å². The van der Waals surface area contributed by atoms with Gasteiger partial charge in [-0.25, -0.2) is 0 Å². The van der Waals surface area contributed by atoms with Gasteiger partial charge in [0, 0.05) is 12.1 Å². The molecule has 0 aromatic heterocycles. The van der Waals surface area contributed by atoms with Crippen LogP contribution in [0, 0.1) is 0 Å². The van der Waals surface area contributed by atoms with Crippen LogP contribution in [0.5, 0.6) is 0 Å². The molecule has 1 aromatic carbocycles. The Kier molecular flexibility index (Phi) is 6.65. The maximum atomic E-state index is 6.13. The van der Waals surface area contributed by atoms with Crippen LogP contribution in [0.2, 0.25) is 0 Å². The first kappa shape index (κ1) is 14.9. The average molecular weight is 247 g/mol. The van der Waals surface area contributed by atoms with Crippen LogP contribution in [0.1, 0.15) is 30.4 Å². The molecule has 1 rings (SSSR count). The van der Waals surface area contributed by atoms with E-state index in [1.165, 1.54) is 5.56 Å². The Morgan fingerprint density at radius 2 is 1.83 bits per heavy atom. The Hall–Kier alpha value is -1.16. The molecule has 3 nitrogen and oxygen atoms in total. The minimum Gasteiger partial charge on any atom is -0.330 e. The summed E-state index contributed by atoms with van der Waals surface area (Å²) in [6.07, 6.45) is 5.50. The molecule has 0 radical (unpaired) electrons. The SMILES string of the molecule is C=Cc1cccc(CC(N)CCC(N)CCN)c1. The van der Waals surface area contributed by atoms with Gasteiger partial charge in [-0.2, -0.15) is 0 Å². The van der Waals surface area contributed by atoms with Crippen molar-refractivity contribution in [1.82, 2.24) is 0 Å². The summed E-state index contributed by atoms with van der Waals surface area (Å²) in [5, 5.41) is 0.